The summed E-state index contributed by atoms with van der Waals surface area (Å²) in [6.45, 7) is 7.15. The topological polar surface area (TPSA) is 74.8 Å². The Kier molecular flexibility index (Phi) is 5.11. The Labute approximate surface area is 135 Å². The molecule has 2 aromatic rings. The molecule has 0 saturated carbocycles. The van der Waals surface area contributed by atoms with E-state index in [1.807, 2.05) is 32.0 Å². The van der Waals surface area contributed by atoms with Gasteiger partial charge in [0.1, 0.15) is 5.69 Å². The van der Waals surface area contributed by atoms with Crippen LogP contribution in [0.5, 0.6) is 0 Å². The Bertz CT molecular complexity index is 819. The second-order valence-electron chi connectivity index (χ2n) is 5.51. The molecule has 120 valence electrons. The van der Waals surface area contributed by atoms with Crippen LogP contribution in [0, 0.1) is 6.92 Å². The summed E-state index contributed by atoms with van der Waals surface area (Å²) >= 11 is 0. The predicted octanol–water partition coefficient (Wildman–Crippen LogP) is 3.21. The molecule has 2 N–H and O–H groups in total. The number of hydrogen-bond acceptors (Lipinski definition) is 4. The van der Waals surface area contributed by atoms with Crippen LogP contribution in [0.2, 0.25) is 0 Å². The second kappa shape index (κ2) is 7.05. The average molecular weight is 311 g/mol. The minimum Gasteiger partial charge on any atom is -0.355 e. The molecule has 0 aliphatic heterocycles. The molecule has 5 heteroatoms. The number of carbonyl (C=O) groups excluding carboxylic acids is 1. The van der Waals surface area contributed by atoms with Crippen LogP contribution in [0.3, 0.4) is 0 Å². The van der Waals surface area contributed by atoms with Crippen molar-refractivity contribution in [2.45, 2.75) is 34.1 Å². The van der Waals surface area contributed by atoms with E-state index in [-0.39, 0.29) is 11.3 Å². The molecule has 23 heavy (non-hydrogen) atoms. The molecule has 0 radical (unpaired) electrons. The lowest BCUT2D eigenvalue weighted by Gasteiger charge is -2.12. The number of H-pyrrole nitrogens is 1. The maximum atomic E-state index is 12.2. The first-order valence-electron chi connectivity index (χ1n) is 7.55. The van der Waals surface area contributed by atoms with Crippen molar-refractivity contribution in [3.05, 3.63) is 57.9 Å². The van der Waals surface area contributed by atoms with Gasteiger partial charge in [-0.3, -0.25) is 14.6 Å². The summed E-state index contributed by atoms with van der Waals surface area (Å²) in [5.41, 5.74) is 4.59. The number of nitrogens with zero attached hydrogens (tertiary/aromatic N) is 1. The zero-order valence-electron chi connectivity index (χ0n) is 13.9. The van der Waals surface area contributed by atoms with E-state index in [4.69, 9.17) is 0 Å². The van der Waals surface area contributed by atoms with Crippen molar-refractivity contribution >= 4 is 11.5 Å². The summed E-state index contributed by atoms with van der Waals surface area (Å²) < 4.78 is 0. The molecular formula is C18H21N3O2. The van der Waals surface area contributed by atoms with Crippen molar-refractivity contribution in [2.75, 3.05) is 5.32 Å². The average Bonchev–Trinajstić information content (AvgIpc) is 2.48. The van der Waals surface area contributed by atoms with E-state index in [0.717, 1.165) is 22.5 Å². The van der Waals surface area contributed by atoms with Gasteiger partial charge in [0, 0.05) is 28.8 Å². The van der Waals surface area contributed by atoms with Crippen LogP contribution in [-0.2, 0) is 11.2 Å². The van der Waals surface area contributed by atoms with E-state index < -0.39 is 0 Å². The van der Waals surface area contributed by atoms with E-state index >= 15 is 0 Å². The Morgan fingerprint density at radius 1 is 1.35 bits per heavy atom. The molecule has 0 atom stereocenters. The van der Waals surface area contributed by atoms with Gasteiger partial charge in [-0.15, -0.1) is 0 Å². The molecular weight excluding hydrogens is 290 g/mol. The van der Waals surface area contributed by atoms with Gasteiger partial charge in [-0.2, -0.15) is 0 Å². The first-order chi connectivity index (χ1) is 10.9. The maximum absolute atomic E-state index is 12.2. The van der Waals surface area contributed by atoms with Crippen molar-refractivity contribution < 1.29 is 4.79 Å². The van der Waals surface area contributed by atoms with Gasteiger partial charge in [-0.25, -0.2) is 0 Å². The van der Waals surface area contributed by atoms with Gasteiger partial charge in [0.15, 0.2) is 5.78 Å². The highest BCUT2D eigenvalue weighted by Gasteiger charge is 2.10. The smallest absolute Gasteiger partial charge is 0.271 e. The van der Waals surface area contributed by atoms with Crippen LogP contribution < -0.4 is 10.9 Å². The number of nitrogens with one attached hydrogen (secondary N) is 2. The number of allylic oxidation sites excluding steroid dienone is 2. The van der Waals surface area contributed by atoms with Crippen molar-refractivity contribution in [1.82, 2.24) is 9.97 Å². The number of carbonyl (C=O) groups is 1. The molecule has 0 bridgehead atoms. The summed E-state index contributed by atoms with van der Waals surface area (Å²) in [4.78, 5) is 30.5. The van der Waals surface area contributed by atoms with Crippen molar-refractivity contribution in [3.8, 4) is 11.1 Å². The Morgan fingerprint density at radius 2 is 2.09 bits per heavy atom. The highest BCUT2D eigenvalue weighted by atomic mass is 16.1. The van der Waals surface area contributed by atoms with Crippen molar-refractivity contribution in [1.29, 1.82) is 0 Å². The van der Waals surface area contributed by atoms with Gasteiger partial charge in [0.2, 0.25) is 0 Å². The van der Waals surface area contributed by atoms with Crippen LogP contribution in [0.4, 0.5) is 5.69 Å². The summed E-state index contributed by atoms with van der Waals surface area (Å²) in [5.74, 6) is -0.0680. The zero-order chi connectivity index (χ0) is 17.0. The first-order valence-corrected chi connectivity index (χ1v) is 7.55. The van der Waals surface area contributed by atoms with E-state index in [1.165, 1.54) is 13.0 Å². The van der Waals surface area contributed by atoms with E-state index in [1.54, 1.807) is 13.1 Å². The summed E-state index contributed by atoms with van der Waals surface area (Å²) in [7, 11) is 0. The van der Waals surface area contributed by atoms with Crippen LogP contribution in [-0.4, -0.2) is 15.8 Å². The third-order valence-electron chi connectivity index (χ3n) is 3.44. The fourth-order valence-electron chi connectivity index (χ4n) is 2.46. The van der Waals surface area contributed by atoms with Crippen LogP contribution in [0.25, 0.3) is 11.1 Å². The highest BCUT2D eigenvalue weighted by Crippen LogP contribution is 2.24. The lowest BCUT2D eigenvalue weighted by molar-refractivity contribution is -0.112. The molecule has 0 aliphatic carbocycles. The zero-order valence-corrected chi connectivity index (χ0v) is 13.9. The van der Waals surface area contributed by atoms with Gasteiger partial charge in [-0.1, -0.05) is 6.92 Å². The van der Waals surface area contributed by atoms with Gasteiger partial charge in [0.25, 0.3) is 5.56 Å². The second-order valence-corrected chi connectivity index (χ2v) is 5.51. The number of pyridine rings is 2. The standard InChI is InChI=1S/C18H21N3O2/c1-5-16-15(14-6-7-19-11(2)9-14)10-17(18(23)21-16)20-12(3)8-13(4)22/h6-10,20H,5H2,1-4H3,(H,21,23)/b12-8+. The van der Waals surface area contributed by atoms with Gasteiger partial charge >= 0.3 is 0 Å². The van der Waals surface area contributed by atoms with Gasteiger partial charge in [0.05, 0.1) is 0 Å². The Hall–Kier alpha value is -2.69. The fraction of sp³-hybridized carbons (Fsp3) is 0.278. The minimum absolute atomic E-state index is 0.0680. The lowest BCUT2D eigenvalue weighted by atomic mass is 10.0. The van der Waals surface area contributed by atoms with E-state index in [0.29, 0.717) is 17.8 Å². The van der Waals surface area contributed by atoms with E-state index in [9.17, 15) is 9.59 Å². The first kappa shape index (κ1) is 16.7. The lowest BCUT2D eigenvalue weighted by Crippen LogP contribution is -2.16. The fourth-order valence-corrected chi connectivity index (χ4v) is 2.46. The number of anilines is 1. The monoisotopic (exact) mass is 311 g/mol. The molecule has 2 aromatic heterocycles. The summed E-state index contributed by atoms with van der Waals surface area (Å²) in [5, 5.41) is 3.00. The Balaban J connectivity index is 2.52. The third kappa shape index (κ3) is 4.16. The number of hydrogen-bond donors (Lipinski definition) is 2. The molecule has 0 fully saturated rings. The van der Waals surface area contributed by atoms with Gasteiger partial charge < -0.3 is 10.3 Å². The number of rotatable bonds is 5. The number of aromatic amines is 1. The molecule has 0 unspecified atom stereocenters. The number of aromatic nitrogens is 2. The molecule has 0 spiro atoms. The predicted molar refractivity (Wildman–Crippen MR) is 92.5 cm³/mol. The maximum Gasteiger partial charge on any atom is 0.271 e. The summed E-state index contributed by atoms with van der Waals surface area (Å²) in [6, 6.07) is 5.72. The molecule has 0 amide bonds. The van der Waals surface area contributed by atoms with Crippen LogP contribution in [0.1, 0.15) is 32.2 Å². The van der Waals surface area contributed by atoms with Gasteiger partial charge in [-0.05, 0) is 57.0 Å². The highest BCUT2D eigenvalue weighted by molar-refractivity contribution is 5.88. The SMILES string of the molecule is CCc1[nH]c(=O)c(N/C(C)=C/C(C)=O)cc1-c1ccnc(C)c1. The summed E-state index contributed by atoms with van der Waals surface area (Å²) in [6.07, 6.45) is 3.93. The molecule has 0 aliphatic rings. The normalized spacial score (nSPS) is 11.4. The minimum atomic E-state index is -0.201. The number of aryl methyl sites for hydroxylation is 2. The Morgan fingerprint density at radius 3 is 2.70 bits per heavy atom. The number of ketones is 1. The molecule has 0 saturated heterocycles. The third-order valence-corrected chi connectivity index (χ3v) is 3.44. The largest absolute Gasteiger partial charge is 0.355 e. The van der Waals surface area contributed by atoms with E-state index in [2.05, 4.69) is 15.3 Å². The molecule has 5 nitrogen and oxygen atoms in total. The molecule has 2 rings (SSSR count). The quantitative estimate of drug-likeness (QED) is 0.831. The van der Waals surface area contributed by atoms with Crippen molar-refractivity contribution in [2.24, 2.45) is 0 Å². The molecule has 2 heterocycles. The van der Waals surface area contributed by atoms with Crippen LogP contribution >= 0.6 is 0 Å². The van der Waals surface area contributed by atoms with Crippen LogP contribution in [0.15, 0.2) is 41.0 Å². The van der Waals surface area contributed by atoms with Crippen molar-refractivity contribution in [3.63, 3.8) is 0 Å². The molecule has 0 aromatic carbocycles.